The fraction of sp³-hybridized carbons (Fsp3) is 0.143. The first-order valence-corrected chi connectivity index (χ1v) is 8.69. The lowest BCUT2D eigenvalue weighted by Gasteiger charge is -2.10. The molecule has 1 aromatic heterocycles. The number of nitriles is 1. The van der Waals surface area contributed by atoms with Crippen LogP contribution in [0.2, 0.25) is 10.0 Å². The van der Waals surface area contributed by atoms with Gasteiger partial charge in [-0.05, 0) is 17.7 Å². The molecule has 0 bridgehead atoms. The number of H-pyrrole nitrogens is 1. The molecule has 0 amide bonds. The van der Waals surface area contributed by atoms with Crippen LogP contribution in [0.1, 0.15) is 16.6 Å². The second kappa shape index (κ2) is 6.37. The van der Waals surface area contributed by atoms with Crippen molar-refractivity contribution in [2.75, 3.05) is 5.75 Å². The van der Waals surface area contributed by atoms with E-state index in [4.69, 9.17) is 23.2 Å². The van der Waals surface area contributed by atoms with Crippen LogP contribution in [-0.2, 0) is 0 Å². The number of imidazole rings is 1. The number of benzene rings is 1. The highest BCUT2D eigenvalue weighted by molar-refractivity contribution is 8.25. The monoisotopic (exact) mass is 353 g/mol. The van der Waals surface area contributed by atoms with E-state index in [1.165, 1.54) is 0 Å². The SMILES string of the molecule is N#CC(=C1SC[C@@H](c2ccc(Cl)cc2Cl)S1)c1ncc[nH]1. The summed E-state index contributed by atoms with van der Waals surface area (Å²) < 4.78 is 0.975. The van der Waals surface area contributed by atoms with E-state index >= 15 is 0 Å². The van der Waals surface area contributed by atoms with Crippen molar-refractivity contribution in [3.05, 3.63) is 56.3 Å². The van der Waals surface area contributed by atoms with Gasteiger partial charge in [-0.3, -0.25) is 0 Å². The van der Waals surface area contributed by atoms with Crippen LogP contribution in [0, 0.1) is 11.3 Å². The number of allylic oxidation sites excluding steroid dienone is 1. The summed E-state index contributed by atoms with van der Waals surface area (Å²) in [4.78, 5) is 7.13. The van der Waals surface area contributed by atoms with Crippen LogP contribution in [0.4, 0.5) is 0 Å². The normalized spacial score (nSPS) is 20.3. The Balaban J connectivity index is 1.90. The quantitative estimate of drug-likeness (QED) is 0.760. The molecule has 1 aliphatic rings. The van der Waals surface area contributed by atoms with Gasteiger partial charge in [-0.15, -0.1) is 23.5 Å². The molecule has 21 heavy (non-hydrogen) atoms. The molecule has 0 spiro atoms. The van der Waals surface area contributed by atoms with E-state index in [9.17, 15) is 5.26 Å². The molecule has 1 fully saturated rings. The Kier molecular flexibility index (Phi) is 4.51. The van der Waals surface area contributed by atoms with Crippen LogP contribution in [0.5, 0.6) is 0 Å². The van der Waals surface area contributed by atoms with Gasteiger partial charge in [-0.25, -0.2) is 4.98 Å². The number of hydrogen-bond acceptors (Lipinski definition) is 4. The maximum absolute atomic E-state index is 9.37. The third-order valence-electron chi connectivity index (χ3n) is 2.98. The second-order valence-electron chi connectivity index (χ2n) is 4.30. The lowest BCUT2D eigenvalue weighted by Crippen LogP contribution is -1.92. The zero-order valence-electron chi connectivity index (χ0n) is 10.6. The van der Waals surface area contributed by atoms with Crippen molar-refractivity contribution >= 4 is 52.3 Å². The molecule has 1 saturated heterocycles. The van der Waals surface area contributed by atoms with E-state index < -0.39 is 0 Å². The number of nitrogens with zero attached hydrogens (tertiary/aromatic N) is 2. The van der Waals surface area contributed by atoms with Gasteiger partial charge in [0.1, 0.15) is 17.5 Å². The van der Waals surface area contributed by atoms with E-state index in [0.717, 1.165) is 15.6 Å². The molecule has 1 N–H and O–H groups in total. The average Bonchev–Trinajstić information content (AvgIpc) is 3.12. The summed E-state index contributed by atoms with van der Waals surface area (Å²) in [7, 11) is 0. The van der Waals surface area contributed by atoms with Gasteiger partial charge in [0.05, 0.1) is 4.24 Å². The van der Waals surface area contributed by atoms with Crippen molar-refractivity contribution in [3.63, 3.8) is 0 Å². The van der Waals surface area contributed by atoms with E-state index in [2.05, 4.69) is 16.0 Å². The average molecular weight is 354 g/mol. The summed E-state index contributed by atoms with van der Waals surface area (Å²) in [6.45, 7) is 0. The molecule has 2 heterocycles. The third-order valence-corrected chi connectivity index (χ3v) is 6.48. The van der Waals surface area contributed by atoms with Gasteiger partial charge in [0.25, 0.3) is 0 Å². The first-order chi connectivity index (χ1) is 10.2. The zero-order valence-corrected chi connectivity index (χ0v) is 13.8. The number of halogens is 2. The van der Waals surface area contributed by atoms with Crippen molar-refractivity contribution in [2.24, 2.45) is 0 Å². The van der Waals surface area contributed by atoms with Crippen LogP contribution in [0.15, 0.2) is 34.8 Å². The molecule has 1 atom stereocenters. The summed E-state index contributed by atoms with van der Waals surface area (Å²) in [5.74, 6) is 1.48. The highest BCUT2D eigenvalue weighted by Crippen LogP contribution is 2.53. The Hall–Kier alpha value is -1.06. The molecule has 3 rings (SSSR count). The predicted octanol–water partition coefficient (Wildman–Crippen LogP) is 5.13. The Morgan fingerprint density at radius 1 is 1.43 bits per heavy atom. The standard InChI is InChI=1S/C14H9Cl2N3S2/c15-8-1-2-9(11(16)5-8)12-7-20-14(21-12)10(6-17)13-18-3-4-19-13/h1-5,12H,7H2,(H,18,19)/t12-/m0/s1. The topological polar surface area (TPSA) is 52.5 Å². The number of thioether (sulfide) groups is 2. The van der Waals surface area contributed by atoms with Gasteiger partial charge in [-0.2, -0.15) is 5.26 Å². The van der Waals surface area contributed by atoms with Gasteiger partial charge in [-0.1, -0.05) is 29.3 Å². The minimum absolute atomic E-state index is 0.216. The molecule has 1 aliphatic heterocycles. The van der Waals surface area contributed by atoms with Gasteiger partial charge in [0.2, 0.25) is 0 Å². The Bertz CT molecular complexity index is 735. The lowest BCUT2D eigenvalue weighted by atomic mass is 10.2. The smallest absolute Gasteiger partial charge is 0.149 e. The first kappa shape index (κ1) is 14.9. The second-order valence-corrected chi connectivity index (χ2v) is 7.64. The highest BCUT2D eigenvalue weighted by Gasteiger charge is 2.28. The fourth-order valence-corrected chi connectivity index (χ4v) is 5.52. The fourth-order valence-electron chi connectivity index (χ4n) is 1.99. The predicted molar refractivity (Wildman–Crippen MR) is 90.4 cm³/mol. The van der Waals surface area contributed by atoms with E-state index in [-0.39, 0.29) is 5.25 Å². The maximum atomic E-state index is 9.37. The van der Waals surface area contributed by atoms with Gasteiger partial charge in [0, 0.05) is 33.4 Å². The largest absolute Gasteiger partial charge is 0.344 e. The van der Waals surface area contributed by atoms with Crippen LogP contribution in [-0.4, -0.2) is 15.7 Å². The zero-order chi connectivity index (χ0) is 14.8. The van der Waals surface area contributed by atoms with E-state index in [1.807, 2.05) is 12.1 Å². The van der Waals surface area contributed by atoms with Crippen molar-refractivity contribution in [1.29, 1.82) is 5.26 Å². The molecular weight excluding hydrogens is 345 g/mol. The lowest BCUT2D eigenvalue weighted by molar-refractivity contribution is 1.13. The minimum atomic E-state index is 0.216. The summed E-state index contributed by atoms with van der Waals surface area (Å²) in [6, 6.07) is 7.78. The molecule has 7 heteroatoms. The van der Waals surface area contributed by atoms with Gasteiger partial charge >= 0.3 is 0 Å². The van der Waals surface area contributed by atoms with Gasteiger partial charge in [0.15, 0.2) is 0 Å². The molecule has 0 saturated carbocycles. The van der Waals surface area contributed by atoms with Gasteiger partial charge < -0.3 is 4.98 Å². The van der Waals surface area contributed by atoms with Crippen molar-refractivity contribution in [3.8, 4) is 6.07 Å². The molecule has 1 aromatic carbocycles. The molecule has 0 radical (unpaired) electrons. The summed E-state index contributed by atoms with van der Waals surface area (Å²) >= 11 is 15.5. The number of aromatic nitrogens is 2. The summed E-state index contributed by atoms with van der Waals surface area (Å²) in [6.07, 6.45) is 3.36. The van der Waals surface area contributed by atoms with Crippen molar-refractivity contribution in [2.45, 2.75) is 5.25 Å². The van der Waals surface area contributed by atoms with E-state index in [0.29, 0.717) is 21.4 Å². The van der Waals surface area contributed by atoms with Crippen LogP contribution in [0.3, 0.4) is 0 Å². The Labute approximate surface area is 140 Å². The third kappa shape index (κ3) is 3.09. The van der Waals surface area contributed by atoms with Crippen molar-refractivity contribution in [1.82, 2.24) is 9.97 Å². The molecule has 2 aromatic rings. The maximum Gasteiger partial charge on any atom is 0.149 e. The molecule has 106 valence electrons. The molecule has 0 unspecified atom stereocenters. The van der Waals surface area contributed by atoms with E-state index in [1.54, 1.807) is 42.0 Å². The first-order valence-electron chi connectivity index (χ1n) is 6.07. The number of aromatic amines is 1. The minimum Gasteiger partial charge on any atom is -0.344 e. The number of hydrogen-bond donors (Lipinski definition) is 1. The Morgan fingerprint density at radius 3 is 2.95 bits per heavy atom. The number of rotatable bonds is 2. The molecular formula is C14H9Cl2N3S2. The Morgan fingerprint density at radius 2 is 2.29 bits per heavy atom. The molecule has 0 aliphatic carbocycles. The highest BCUT2D eigenvalue weighted by atomic mass is 35.5. The van der Waals surface area contributed by atoms with Crippen molar-refractivity contribution < 1.29 is 0 Å². The summed E-state index contributed by atoms with van der Waals surface area (Å²) in [5, 5.41) is 10.9. The van der Waals surface area contributed by atoms with Crippen LogP contribution < -0.4 is 0 Å². The van der Waals surface area contributed by atoms with Crippen LogP contribution >= 0.6 is 46.7 Å². The molecule has 3 nitrogen and oxygen atoms in total. The van der Waals surface area contributed by atoms with Crippen LogP contribution in [0.25, 0.3) is 5.57 Å². The summed E-state index contributed by atoms with van der Waals surface area (Å²) in [5.41, 5.74) is 1.63. The number of nitrogens with one attached hydrogen (secondary N) is 1.